The average molecular weight is 171 g/mol. The number of hydrogen-bond donors (Lipinski definition) is 1. The van der Waals surface area contributed by atoms with E-state index in [4.69, 9.17) is 0 Å². The van der Waals surface area contributed by atoms with Gasteiger partial charge in [0, 0.05) is 12.1 Å². The minimum atomic E-state index is 1.20. The normalized spacial score (nSPS) is 10.8. The van der Waals surface area contributed by atoms with Gasteiger partial charge < -0.3 is 0 Å². The number of rotatable bonds is 2. The van der Waals surface area contributed by atoms with Crippen LogP contribution in [0.25, 0.3) is 12.3 Å². The predicted molar refractivity (Wildman–Crippen MR) is 52.7 cm³/mol. The third-order valence-corrected chi connectivity index (χ3v) is 1.79. The van der Waals surface area contributed by atoms with Crippen LogP contribution in [0.2, 0.25) is 0 Å². The first-order chi connectivity index (χ1) is 6.45. The Labute approximate surface area is 77.1 Å². The van der Waals surface area contributed by atoms with Gasteiger partial charge in [0.1, 0.15) is 0 Å². The molecule has 0 bridgehead atoms. The molecule has 0 aliphatic carbocycles. The zero-order valence-electron chi connectivity index (χ0n) is 7.22. The Morgan fingerprint density at radius 2 is 1.92 bits per heavy atom. The highest BCUT2D eigenvalue weighted by atomic mass is 15.2. The van der Waals surface area contributed by atoms with Crippen molar-refractivity contribution in [1.29, 1.82) is 0 Å². The molecule has 0 amide bonds. The van der Waals surface area contributed by atoms with Gasteiger partial charge in [-0.05, 0) is 5.56 Å². The lowest BCUT2D eigenvalue weighted by atomic mass is 10.2. The molecular formula is C11H11N2+. The van der Waals surface area contributed by atoms with Crippen molar-refractivity contribution in [3.63, 3.8) is 0 Å². The van der Waals surface area contributed by atoms with E-state index in [9.17, 15) is 0 Å². The maximum absolute atomic E-state index is 3.04. The van der Waals surface area contributed by atoms with Gasteiger partial charge in [-0.25, -0.2) is 0 Å². The first-order valence-electron chi connectivity index (χ1n) is 4.23. The van der Waals surface area contributed by atoms with Crippen molar-refractivity contribution in [2.24, 2.45) is 0 Å². The SMILES string of the molecule is C(=C[n+]1ccc[nH]1)c1ccccc1. The van der Waals surface area contributed by atoms with E-state index >= 15 is 0 Å². The van der Waals surface area contributed by atoms with Crippen LogP contribution in [-0.4, -0.2) is 5.10 Å². The van der Waals surface area contributed by atoms with E-state index in [1.807, 2.05) is 47.5 Å². The molecule has 0 fully saturated rings. The molecule has 1 N–H and O–H groups in total. The highest BCUT2D eigenvalue weighted by Crippen LogP contribution is 1.99. The average Bonchev–Trinajstić information content (AvgIpc) is 2.69. The summed E-state index contributed by atoms with van der Waals surface area (Å²) in [4.78, 5) is 0. The van der Waals surface area contributed by atoms with Crippen molar-refractivity contribution in [1.82, 2.24) is 5.10 Å². The topological polar surface area (TPSA) is 19.7 Å². The second-order valence-corrected chi connectivity index (χ2v) is 2.77. The number of aromatic nitrogens is 2. The Balaban J connectivity index is 2.15. The zero-order chi connectivity index (χ0) is 8.93. The molecule has 2 nitrogen and oxygen atoms in total. The summed E-state index contributed by atoms with van der Waals surface area (Å²) in [5, 5.41) is 3.04. The second kappa shape index (κ2) is 3.72. The van der Waals surface area contributed by atoms with E-state index in [1.165, 1.54) is 5.56 Å². The van der Waals surface area contributed by atoms with Crippen LogP contribution in [0.3, 0.4) is 0 Å². The van der Waals surface area contributed by atoms with E-state index in [2.05, 4.69) is 23.3 Å². The number of H-pyrrole nitrogens is 1. The second-order valence-electron chi connectivity index (χ2n) is 2.77. The van der Waals surface area contributed by atoms with Crippen molar-refractivity contribution in [2.45, 2.75) is 0 Å². The number of aromatic amines is 1. The van der Waals surface area contributed by atoms with Crippen LogP contribution < -0.4 is 4.68 Å². The molecule has 0 atom stereocenters. The van der Waals surface area contributed by atoms with Gasteiger partial charge in [-0.15, -0.1) is 0 Å². The van der Waals surface area contributed by atoms with Gasteiger partial charge in [-0.3, -0.25) is 0 Å². The van der Waals surface area contributed by atoms with Crippen molar-refractivity contribution in [3.05, 3.63) is 54.4 Å². The van der Waals surface area contributed by atoms with Crippen LogP contribution in [0.5, 0.6) is 0 Å². The van der Waals surface area contributed by atoms with Gasteiger partial charge in [-0.2, -0.15) is 5.10 Å². The highest BCUT2D eigenvalue weighted by Gasteiger charge is 1.91. The van der Waals surface area contributed by atoms with Gasteiger partial charge in [0.15, 0.2) is 6.20 Å². The summed E-state index contributed by atoms with van der Waals surface area (Å²) < 4.78 is 1.90. The number of nitrogens with zero attached hydrogens (tertiary/aromatic N) is 1. The van der Waals surface area contributed by atoms with Crippen molar-refractivity contribution >= 4 is 12.3 Å². The minimum absolute atomic E-state index is 1.20. The lowest BCUT2D eigenvalue weighted by Crippen LogP contribution is -2.25. The van der Waals surface area contributed by atoms with Gasteiger partial charge in [0.2, 0.25) is 6.20 Å². The molecule has 64 valence electrons. The van der Waals surface area contributed by atoms with Crippen LogP contribution in [0.1, 0.15) is 5.56 Å². The molecule has 0 saturated carbocycles. The van der Waals surface area contributed by atoms with Gasteiger partial charge in [0.25, 0.3) is 0 Å². The summed E-state index contributed by atoms with van der Waals surface area (Å²) in [7, 11) is 0. The summed E-state index contributed by atoms with van der Waals surface area (Å²) in [5.41, 5.74) is 1.20. The third-order valence-electron chi connectivity index (χ3n) is 1.79. The molecule has 0 aliphatic rings. The van der Waals surface area contributed by atoms with Crippen molar-refractivity contribution < 1.29 is 4.68 Å². The monoisotopic (exact) mass is 171 g/mol. The summed E-state index contributed by atoms with van der Waals surface area (Å²) in [6.45, 7) is 0. The van der Waals surface area contributed by atoms with Crippen molar-refractivity contribution in [3.8, 4) is 0 Å². The first-order valence-corrected chi connectivity index (χ1v) is 4.23. The Morgan fingerprint density at radius 1 is 1.08 bits per heavy atom. The number of benzene rings is 1. The fourth-order valence-electron chi connectivity index (χ4n) is 1.13. The molecule has 0 saturated heterocycles. The van der Waals surface area contributed by atoms with E-state index in [1.54, 1.807) is 0 Å². The standard InChI is InChI=1S/C11H10N2/c1-2-5-11(6-3-1)7-10-13-9-4-8-12-13/h1-10H/p+1. The molecule has 13 heavy (non-hydrogen) atoms. The fourth-order valence-corrected chi connectivity index (χ4v) is 1.13. The third kappa shape index (κ3) is 2.06. The Morgan fingerprint density at radius 3 is 2.62 bits per heavy atom. The van der Waals surface area contributed by atoms with E-state index in [0.29, 0.717) is 0 Å². The summed E-state index contributed by atoms with van der Waals surface area (Å²) in [6, 6.07) is 12.2. The predicted octanol–water partition coefficient (Wildman–Crippen LogP) is 1.93. The summed E-state index contributed by atoms with van der Waals surface area (Å²) >= 11 is 0. The first kappa shape index (κ1) is 7.80. The molecule has 0 radical (unpaired) electrons. The maximum Gasteiger partial charge on any atom is 0.201 e. The number of hydrogen-bond acceptors (Lipinski definition) is 0. The Kier molecular flexibility index (Phi) is 2.23. The molecule has 1 aromatic carbocycles. The zero-order valence-corrected chi connectivity index (χ0v) is 7.22. The molecule has 0 aliphatic heterocycles. The lowest BCUT2D eigenvalue weighted by Gasteiger charge is -1.86. The van der Waals surface area contributed by atoms with E-state index < -0.39 is 0 Å². The Bertz CT molecular complexity index is 374. The molecule has 1 aromatic heterocycles. The number of nitrogens with one attached hydrogen (secondary N) is 1. The Hall–Kier alpha value is -1.83. The van der Waals surface area contributed by atoms with Crippen LogP contribution in [0.4, 0.5) is 0 Å². The molecule has 2 rings (SSSR count). The molecule has 1 heterocycles. The molecule has 0 spiro atoms. The summed E-state index contributed by atoms with van der Waals surface area (Å²) in [6.07, 6.45) is 7.88. The fraction of sp³-hybridized carbons (Fsp3) is 0. The van der Waals surface area contributed by atoms with Crippen molar-refractivity contribution in [2.75, 3.05) is 0 Å². The molecular weight excluding hydrogens is 160 g/mol. The van der Waals surface area contributed by atoms with E-state index in [0.717, 1.165) is 0 Å². The van der Waals surface area contributed by atoms with Gasteiger partial charge >= 0.3 is 0 Å². The van der Waals surface area contributed by atoms with Gasteiger partial charge in [-0.1, -0.05) is 35.0 Å². The van der Waals surface area contributed by atoms with Gasteiger partial charge in [0.05, 0.1) is 6.20 Å². The maximum atomic E-state index is 3.04. The molecule has 2 aromatic rings. The summed E-state index contributed by atoms with van der Waals surface area (Å²) in [5.74, 6) is 0. The molecule has 0 unspecified atom stereocenters. The molecule has 2 heteroatoms. The van der Waals surface area contributed by atoms with Crippen LogP contribution in [0, 0.1) is 0 Å². The largest absolute Gasteiger partial charge is 0.201 e. The van der Waals surface area contributed by atoms with E-state index in [-0.39, 0.29) is 0 Å². The van der Waals surface area contributed by atoms with Crippen LogP contribution in [0.15, 0.2) is 48.8 Å². The quantitative estimate of drug-likeness (QED) is 0.666. The van der Waals surface area contributed by atoms with Crippen LogP contribution in [-0.2, 0) is 0 Å². The lowest BCUT2D eigenvalue weighted by molar-refractivity contribution is -0.628. The highest BCUT2D eigenvalue weighted by molar-refractivity contribution is 5.56. The smallest absolute Gasteiger partial charge is 0.168 e. The van der Waals surface area contributed by atoms with Crippen LogP contribution >= 0.6 is 0 Å². The minimum Gasteiger partial charge on any atom is -0.168 e.